The summed E-state index contributed by atoms with van der Waals surface area (Å²) < 4.78 is 18.1. The molecule has 88 valence electrons. The molecule has 2 nitrogen and oxygen atoms in total. The molecule has 0 aliphatic heterocycles. The maximum Gasteiger partial charge on any atom is 0.306 e. The van der Waals surface area contributed by atoms with Crippen molar-refractivity contribution < 1.29 is 13.9 Å². The Bertz CT molecular complexity index is 371. The van der Waals surface area contributed by atoms with Crippen LogP contribution in [0.1, 0.15) is 12.0 Å². The van der Waals surface area contributed by atoms with Gasteiger partial charge in [-0.1, -0.05) is 22.0 Å². The maximum atomic E-state index is 12.8. The normalized spacial score (nSPS) is 10.2. The first-order valence-corrected chi connectivity index (χ1v) is 6.66. The maximum absolute atomic E-state index is 12.8. The zero-order chi connectivity index (χ0) is 12.0. The molecule has 0 aliphatic carbocycles. The topological polar surface area (TPSA) is 26.3 Å². The Morgan fingerprint density at radius 3 is 2.94 bits per heavy atom. The highest BCUT2D eigenvalue weighted by Crippen LogP contribution is 2.22. The van der Waals surface area contributed by atoms with Crippen LogP contribution in [-0.2, 0) is 15.3 Å². The Balaban J connectivity index is 2.35. The lowest BCUT2D eigenvalue weighted by Crippen LogP contribution is -2.01. The fraction of sp³-hybridized carbons (Fsp3) is 0.364. The van der Waals surface area contributed by atoms with Gasteiger partial charge in [0.25, 0.3) is 0 Å². The summed E-state index contributed by atoms with van der Waals surface area (Å²) in [5.74, 6) is 0.995. The highest BCUT2D eigenvalue weighted by molar-refractivity contribution is 9.10. The number of benzene rings is 1. The predicted molar refractivity (Wildman–Crippen MR) is 66.9 cm³/mol. The summed E-state index contributed by atoms with van der Waals surface area (Å²) in [6, 6.07) is 4.61. The molecule has 1 aromatic rings. The van der Waals surface area contributed by atoms with Crippen LogP contribution in [0.5, 0.6) is 0 Å². The molecule has 0 fully saturated rings. The summed E-state index contributed by atoms with van der Waals surface area (Å²) in [5.41, 5.74) is 1.02. The highest BCUT2D eigenvalue weighted by atomic mass is 79.9. The van der Waals surface area contributed by atoms with Gasteiger partial charge in [-0.2, -0.15) is 11.8 Å². The SMILES string of the molecule is COC(=O)CCSCc1ccc(F)cc1Br. The Kier molecular flexibility index (Phi) is 5.84. The van der Waals surface area contributed by atoms with E-state index in [4.69, 9.17) is 0 Å². The van der Waals surface area contributed by atoms with Crippen LogP contribution < -0.4 is 0 Å². The third kappa shape index (κ3) is 4.53. The number of ether oxygens (including phenoxy) is 1. The van der Waals surface area contributed by atoms with Gasteiger partial charge in [0.05, 0.1) is 13.5 Å². The monoisotopic (exact) mass is 306 g/mol. The minimum Gasteiger partial charge on any atom is -0.469 e. The molecule has 1 rings (SSSR count). The van der Waals surface area contributed by atoms with Crippen molar-refractivity contribution in [2.45, 2.75) is 12.2 Å². The molecule has 0 heterocycles. The lowest BCUT2D eigenvalue weighted by Gasteiger charge is -2.04. The molecule has 0 bridgehead atoms. The summed E-state index contributed by atoms with van der Waals surface area (Å²) >= 11 is 4.91. The summed E-state index contributed by atoms with van der Waals surface area (Å²) in [4.78, 5) is 10.8. The average molecular weight is 307 g/mol. The van der Waals surface area contributed by atoms with Crippen LogP contribution in [0.4, 0.5) is 4.39 Å². The number of carbonyl (C=O) groups excluding carboxylic acids is 1. The van der Waals surface area contributed by atoms with E-state index in [1.807, 2.05) is 0 Å². The largest absolute Gasteiger partial charge is 0.469 e. The van der Waals surface area contributed by atoms with E-state index in [-0.39, 0.29) is 11.8 Å². The Morgan fingerprint density at radius 2 is 2.31 bits per heavy atom. The van der Waals surface area contributed by atoms with Crippen LogP contribution in [-0.4, -0.2) is 18.8 Å². The quantitative estimate of drug-likeness (QED) is 0.616. The number of hydrogen-bond donors (Lipinski definition) is 0. The fourth-order valence-corrected chi connectivity index (χ4v) is 2.68. The van der Waals surface area contributed by atoms with Crippen LogP contribution in [0.15, 0.2) is 22.7 Å². The van der Waals surface area contributed by atoms with Crippen molar-refractivity contribution in [3.63, 3.8) is 0 Å². The Labute approximate surface area is 107 Å². The molecular weight excluding hydrogens is 295 g/mol. The fourth-order valence-electron chi connectivity index (χ4n) is 1.08. The van der Waals surface area contributed by atoms with Crippen LogP contribution in [0.25, 0.3) is 0 Å². The van der Waals surface area contributed by atoms with E-state index in [9.17, 15) is 9.18 Å². The lowest BCUT2D eigenvalue weighted by atomic mass is 10.2. The first-order chi connectivity index (χ1) is 7.63. The Hall–Kier alpha value is -0.550. The molecule has 0 radical (unpaired) electrons. The highest BCUT2D eigenvalue weighted by Gasteiger charge is 2.03. The Morgan fingerprint density at radius 1 is 1.56 bits per heavy atom. The number of hydrogen-bond acceptors (Lipinski definition) is 3. The zero-order valence-corrected chi connectivity index (χ0v) is 11.2. The molecule has 5 heteroatoms. The second-order valence-electron chi connectivity index (χ2n) is 3.11. The molecule has 0 N–H and O–H groups in total. The molecule has 0 aromatic heterocycles. The van der Waals surface area contributed by atoms with Crippen molar-refractivity contribution in [3.05, 3.63) is 34.1 Å². The van der Waals surface area contributed by atoms with Crippen molar-refractivity contribution in [1.29, 1.82) is 0 Å². The molecule has 0 saturated carbocycles. The summed E-state index contributed by atoms with van der Waals surface area (Å²) in [5, 5.41) is 0. The summed E-state index contributed by atoms with van der Waals surface area (Å²) in [6.45, 7) is 0. The zero-order valence-electron chi connectivity index (χ0n) is 8.83. The molecule has 0 amide bonds. The van der Waals surface area contributed by atoms with Crippen molar-refractivity contribution in [2.24, 2.45) is 0 Å². The average Bonchev–Trinajstić information content (AvgIpc) is 2.26. The molecular formula is C11H12BrFO2S. The van der Waals surface area contributed by atoms with E-state index in [2.05, 4.69) is 20.7 Å². The number of carbonyl (C=O) groups is 1. The number of methoxy groups -OCH3 is 1. The second kappa shape index (κ2) is 6.91. The van der Waals surface area contributed by atoms with E-state index in [0.717, 1.165) is 15.8 Å². The lowest BCUT2D eigenvalue weighted by molar-refractivity contribution is -0.140. The first-order valence-electron chi connectivity index (χ1n) is 4.72. The minimum absolute atomic E-state index is 0.203. The van der Waals surface area contributed by atoms with Gasteiger partial charge < -0.3 is 4.74 Å². The van der Waals surface area contributed by atoms with Gasteiger partial charge in [-0.25, -0.2) is 4.39 Å². The van der Waals surface area contributed by atoms with Crippen molar-refractivity contribution in [1.82, 2.24) is 0 Å². The predicted octanol–water partition coefficient (Wildman–Crippen LogP) is 3.38. The van der Waals surface area contributed by atoms with E-state index < -0.39 is 0 Å². The van der Waals surface area contributed by atoms with Gasteiger partial charge >= 0.3 is 5.97 Å². The smallest absolute Gasteiger partial charge is 0.306 e. The third-order valence-corrected chi connectivity index (χ3v) is 3.70. The van der Waals surface area contributed by atoms with E-state index in [1.54, 1.807) is 17.8 Å². The summed E-state index contributed by atoms with van der Waals surface area (Å²) in [7, 11) is 1.38. The van der Waals surface area contributed by atoms with Crippen molar-refractivity contribution in [3.8, 4) is 0 Å². The van der Waals surface area contributed by atoms with Crippen LogP contribution in [0.2, 0.25) is 0 Å². The van der Waals surface area contributed by atoms with Gasteiger partial charge in [-0.3, -0.25) is 4.79 Å². The first kappa shape index (κ1) is 13.5. The van der Waals surface area contributed by atoms with Crippen molar-refractivity contribution in [2.75, 3.05) is 12.9 Å². The summed E-state index contributed by atoms with van der Waals surface area (Å²) in [6.07, 6.45) is 0.403. The van der Waals surface area contributed by atoms with E-state index >= 15 is 0 Å². The van der Waals surface area contributed by atoms with E-state index in [1.165, 1.54) is 19.2 Å². The molecule has 0 saturated heterocycles. The number of rotatable bonds is 5. The van der Waals surface area contributed by atoms with Gasteiger partial charge in [-0.15, -0.1) is 0 Å². The number of halogens is 2. The van der Waals surface area contributed by atoms with Crippen LogP contribution >= 0.6 is 27.7 Å². The van der Waals surface area contributed by atoms with Gasteiger partial charge in [-0.05, 0) is 17.7 Å². The number of thioether (sulfide) groups is 1. The molecule has 0 aliphatic rings. The molecule has 1 aromatic carbocycles. The van der Waals surface area contributed by atoms with Crippen LogP contribution in [0.3, 0.4) is 0 Å². The van der Waals surface area contributed by atoms with Crippen LogP contribution in [0, 0.1) is 5.82 Å². The molecule has 0 unspecified atom stereocenters. The third-order valence-electron chi connectivity index (χ3n) is 1.95. The van der Waals surface area contributed by atoms with Gasteiger partial charge in [0, 0.05) is 16.0 Å². The standard InChI is InChI=1S/C11H12BrFO2S/c1-15-11(14)4-5-16-7-8-2-3-9(13)6-10(8)12/h2-3,6H,4-5,7H2,1H3. The minimum atomic E-state index is -0.254. The molecule has 16 heavy (non-hydrogen) atoms. The molecule has 0 atom stereocenters. The van der Waals surface area contributed by atoms with Gasteiger partial charge in [0.15, 0.2) is 0 Å². The molecule has 0 spiro atoms. The van der Waals surface area contributed by atoms with Gasteiger partial charge in [0.1, 0.15) is 5.82 Å². The van der Waals surface area contributed by atoms with Crippen molar-refractivity contribution >= 4 is 33.7 Å². The number of esters is 1. The second-order valence-corrected chi connectivity index (χ2v) is 5.07. The van der Waals surface area contributed by atoms with Gasteiger partial charge in [0.2, 0.25) is 0 Å². The van der Waals surface area contributed by atoms with E-state index in [0.29, 0.717) is 12.2 Å².